The van der Waals surface area contributed by atoms with E-state index in [9.17, 15) is 0 Å². The van der Waals surface area contributed by atoms with Gasteiger partial charge in [-0.15, -0.1) is 0 Å². The topological polar surface area (TPSA) is 3.24 Å². The molecule has 11 aromatic rings. The quantitative estimate of drug-likeness (QED) is 0.149. The number of nitrogens with zero attached hydrogens (tertiary/aromatic N) is 1. The van der Waals surface area contributed by atoms with E-state index in [1.807, 2.05) is 0 Å². The van der Waals surface area contributed by atoms with Crippen molar-refractivity contribution in [1.82, 2.24) is 0 Å². The fraction of sp³-hybridized carbons (Fsp3) is 0. The summed E-state index contributed by atoms with van der Waals surface area (Å²) in [6.45, 7) is 0. The molecule has 0 saturated carbocycles. The highest BCUT2D eigenvalue weighted by atomic mass is 15.1. The van der Waals surface area contributed by atoms with Crippen LogP contribution in [0.25, 0.3) is 88.0 Å². The summed E-state index contributed by atoms with van der Waals surface area (Å²) in [6.07, 6.45) is 0. The maximum Gasteiger partial charge on any atom is 0.0546 e. The minimum atomic E-state index is 1.08. The third-order valence-electron chi connectivity index (χ3n) is 12.0. The van der Waals surface area contributed by atoms with Gasteiger partial charge in [0.2, 0.25) is 0 Å². The van der Waals surface area contributed by atoms with Crippen molar-refractivity contribution in [3.63, 3.8) is 0 Å². The number of anilines is 3. The normalized spacial score (nSPS) is 11.3. The van der Waals surface area contributed by atoms with Crippen molar-refractivity contribution in [2.75, 3.05) is 4.90 Å². The molecular formula is C60H41N. The van der Waals surface area contributed by atoms with Crippen molar-refractivity contribution in [3.05, 3.63) is 249 Å². The summed E-state index contributed by atoms with van der Waals surface area (Å²) in [5.41, 5.74) is 15.2. The van der Waals surface area contributed by atoms with E-state index >= 15 is 0 Å². The van der Waals surface area contributed by atoms with Gasteiger partial charge in [0.05, 0.1) is 5.69 Å². The Balaban J connectivity index is 1.05. The average molecular weight is 776 g/mol. The molecule has 61 heavy (non-hydrogen) atoms. The molecule has 0 heterocycles. The molecule has 1 nitrogen and oxygen atoms in total. The zero-order chi connectivity index (χ0) is 40.5. The summed E-state index contributed by atoms with van der Waals surface area (Å²) in [5, 5.41) is 7.47. The Labute approximate surface area is 357 Å². The maximum atomic E-state index is 2.43. The Morgan fingerprint density at radius 1 is 0.213 bits per heavy atom. The van der Waals surface area contributed by atoms with Gasteiger partial charge in [-0.25, -0.2) is 0 Å². The lowest BCUT2D eigenvalue weighted by molar-refractivity contribution is 1.28. The van der Waals surface area contributed by atoms with Crippen molar-refractivity contribution >= 4 is 49.4 Å². The molecule has 0 aliphatic heterocycles. The summed E-state index contributed by atoms with van der Waals surface area (Å²) in [7, 11) is 0. The van der Waals surface area contributed by atoms with Gasteiger partial charge in [-0.3, -0.25) is 0 Å². The first-order chi connectivity index (χ1) is 30.2. The molecule has 0 radical (unpaired) electrons. The highest BCUT2D eigenvalue weighted by Gasteiger charge is 2.20. The minimum absolute atomic E-state index is 1.08. The molecule has 0 aliphatic rings. The first-order valence-electron chi connectivity index (χ1n) is 21.0. The largest absolute Gasteiger partial charge is 0.310 e. The van der Waals surface area contributed by atoms with Crippen LogP contribution in [0.5, 0.6) is 0 Å². The molecule has 0 saturated heterocycles. The standard InChI is InChI=1S/C60H41N/c1-2-14-46(15-3-1)59-37-32-54(53-27-25-43-13-5-7-18-49(43)40-53)41-60(59)61(56-35-30-47(31-36-56)58-23-11-19-45-16-8-9-22-57(45)58)55-33-28-44(29-34-55)50-20-10-21-51(38-50)52-26-24-42-12-4-6-17-48(42)39-52/h1-41H. The van der Waals surface area contributed by atoms with Crippen LogP contribution in [0.2, 0.25) is 0 Å². The molecule has 11 aromatic carbocycles. The molecule has 0 aliphatic carbocycles. The summed E-state index contributed by atoms with van der Waals surface area (Å²) >= 11 is 0. The molecular weight excluding hydrogens is 735 g/mol. The number of rotatable bonds is 8. The Kier molecular flexibility index (Phi) is 9.26. The first kappa shape index (κ1) is 36.1. The average Bonchev–Trinajstić information content (AvgIpc) is 3.34. The van der Waals surface area contributed by atoms with Crippen LogP contribution < -0.4 is 4.90 Å². The lowest BCUT2D eigenvalue weighted by atomic mass is 9.95. The SMILES string of the molecule is c1ccc(-c2ccc(-c3ccc4ccccc4c3)cc2N(c2ccc(-c3cccc(-c4ccc5ccccc5c4)c3)cc2)c2ccc(-c3cccc4ccccc34)cc2)cc1. The predicted octanol–water partition coefficient (Wildman–Crippen LogP) is 17.0. The van der Waals surface area contributed by atoms with Crippen LogP contribution in [-0.4, -0.2) is 0 Å². The van der Waals surface area contributed by atoms with E-state index in [1.165, 1.54) is 82.4 Å². The van der Waals surface area contributed by atoms with E-state index in [-0.39, 0.29) is 0 Å². The molecule has 0 fully saturated rings. The van der Waals surface area contributed by atoms with E-state index in [0.717, 1.165) is 22.6 Å². The lowest BCUT2D eigenvalue weighted by Crippen LogP contribution is -2.11. The molecule has 1 heteroatoms. The fourth-order valence-electron chi connectivity index (χ4n) is 8.87. The number of benzene rings is 11. The van der Waals surface area contributed by atoms with Gasteiger partial charge in [-0.1, -0.05) is 200 Å². The van der Waals surface area contributed by atoms with Crippen LogP contribution >= 0.6 is 0 Å². The Morgan fingerprint density at radius 3 is 1.30 bits per heavy atom. The smallest absolute Gasteiger partial charge is 0.0546 e. The van der Waals surface area contributed by atoms with Crippen LogP contribution in [0.15, 0.2) is 249 Å². The molecule has 0 bridgehead atoms. The van der Waals surface area contributed by atoms with Gasteiger partial charge in [0.25, 0.3) is 0 Å². The molecule has 0 unspecified atom stereocenters. The van der Waals surface area contributed by atoms with Gasteiger partial charge in [0, 0.05) is 16.9 Å². The summed E-state index contributed by atoms with van der Waals surface area (Å²) in [4.78, 5) is 2.43. The molecule has 11 rings (SSSR count). The third kappa shape index (κ3) is 7.03. The molecule has 0 aromatic heterocycles. The molecule has 0 N–H and O–H groups in total. The van der Waals surface area contributed by atoms with Gasteiger partial charge in [-0.05, 0) is 131 Å². The van der Waals surface area contributed by atoms with Crippen LogP contribution in [-0.2, 0) is 0 Å². The van der Waals surface area contributed by atoms with E-state index < -0.39 is 0 Å². The monoisotopic (exact) mass is 775 g/mol. The van der Waals surface area contributed by atoms with Crippen LogP contribution in [0.3, 0.4) is 0 Å². The maximum absolute atomic E-state index is 2.43. The van der Waals surface area contributed by atoms with Gasteiger partial charge in [-0.2, -0.15) is 0 Å². The summed E-state index contributed by atoms with van der Waals surface area (Å²) in [5.74, 6) is 0. The summed E-state index contributed by atoms with van der Waals surface area (Å²) in [6, 6.07) is 90.6. The van der Waals surface area contributed by atoms with Gasteiger partial charge < -0.3 is 4.90 Å². The van der Waals surface area contributed by atoms with E-state index in [0.29, 0.717) is 0 Å². The first-order valence-corrected chi connectivity index (χ1v) is 21.0. The van der Waals surface area contributed by atoms with E-state index in [1.54, 1.807) is 0 Å². The van der Waals surface area contributed by atoms with Crippen molar-refractivity contribution < 1.29 is 0 Å². The van der Waals surface area contributed by atoms with Crippen molar-refractivity contribution in [1.29, 1.82) is 0 Å². The Morgan fingerprint density at radius 2 is 0.639 bits per heavy atom. The van der Waals surface area contributed by atoms with Crippen molar-refractivity contribution in [3.8, 4) is 55.6 Å². The van der Waals surface area contributed by atoms with Crippen LogP contribution in [0, 0.1) is 0 Å². The second kappa shape index (κ2) is 15.6. The number of fused-ring (bicyclic) bond motifs is 3. The summed E-state index contributed by atoms with van der Waals surface area (Å²) < 4.78 is 0. The zero-order valence-corrected chi connectivity index (χ0v) is 33.6. The highest BCUT2D eigenvalue weighted by Crippen LogP contribution is 2.44. The zero-order valence-electron chi connectivity index (χ0n) is 33.6. The van der Waals surface area contributed by atoms with Gasteiger partial charge in [0.1, 0.15) is 0 Å². The lowest BCUT2D eigenvalue weighted by Gasteiger charge is -2.29. The molecule has 286 valence electrons. The Hall–Kier alpha value is -8.00. The fourth-order valence-corrected chi connectivity index (χ4v) is 8.87. The number of hydrogen-bond donors (Lipinski definition) is 0. The van der Waals surface area contributed by atoms with E-state index in [4.69, 9.17) is 0 Å². The highest BCUT2D eigenvalue weighted by molar-refractivity contribution is 5.98. The number of hydrogen-bond acceptors (Lipinski definition) is 1. The van der Waals surface area contributed by atoms with Crippen LogP contribution in [0.4, 0.5) is 17.1 Å². The van der Waals surface area contributed by atoms with Gasteiger partial charge >= 0.3 is 0 Å². The molecule has 0 atom stereocenters. The van der Waals surface area contributed by atoms with E-state index in [2.05, 4.69) is 254 Å². The van der Waals surface area contributed by atoms with Gasteiger partial charge in [0.15, 0.2) is 0 Å². The second-order valence-electron chi connectivity index (χ2n) is 15.8. The molecule has 0 amide bonds. The van der Waals surface area contributed by atoms with Crippen molar-refractivity contribution in [2.45, 2.75) is 0 Å². The third-order valence-corrected chi connectivity index (χ3v) is 12.0. The minimum Gasteiger partial charge on any atom is -0.310 e. The predicted molar refractivity (Wildman–Crippen MR) is 261 cm³/mol. The van der Waals surface area contributed by atoms with Crippen molar-refractivity contribution in [2.24, 2.45) is 0 Å². The van der Waals surface area contributed by atoms with Crippen LogP contribution in [0.1, 0.15) is 0 Å². The second-order valence-corrected chi connectivity index (χ2v) is 15.8. The molecule has 0 spiro atoms. The Bertz CT molecular complexity index is 3340.